The van der Waals surface area contributed by atoms with E-state index in [9.17, 15) is 0 Å². The quantitative estimate of drug-likeness (QED) is 0.858. The number of nitrogen functional groups attached to an aromatic ring is 1. The molecule has 0 aliphatic heterocycles. The van der Waals surface area contributed by atoms with Gasteiger partial charge in [0, 0.05) is 24.4 Å². The Morgan fingerprint density at radius 2 is 2.11 bits per heavy atom. The normalized spacial score (nSPS) is 11.5. The zero-order valence-corrected chi connectivity index (χ0v) is 11.3. The molecule has 0 spiro atoms. The minimum atomic E-state index is -0.141. The van der Waals surface area contributed by atoms with Gasteiger partial charge >= 0.3 is 0 Å². The second-order valence-electron chi connectivity index (χ2n) is 5.26. The first-order valence-electron chi connectivity index (χ1n) is 6.09. The molecule has 0 atom stereocenters. The molecule has 0 fully saturated rings. The molecule has 0 unspecified atom stereocenters. The van der Waals surface area contributed by atoms with Gasteiger partial charge in [-0.05, 0) is 0 Å². The number of hydrogen-bond acceptors (Lipinski definition) is 7. The standard InChI is InChI=1S/C12H18N6O/c1-12(2,3)11-17-8(13)6-9(18-11)14-5-4-10-15-7-16-19-10/h6-7H,4-5H2,1-3H3,(H3,13,14,17,18). The Morgan fingerprint density at radius 1 is 1.32 bits per heavy atom. The first kappa shape index (κ1) is 13.3. The number of nitrogens with one attached hydrogen (secondary N) is 1. The molecule has 3 N–H and O–H groups in total. The van der Waals surface area contributed by atoms with E-state index in [0.717, 1.165) is 0 Å². The highest BCUT2D eigenvalue weighted by molar-refractivity contribution is 5.45. The summed E-state index contributed by atoms with van der Waals surface area (Å²) in [5.74, 6) is 2.47. The average Bonchev–Trinajstić information content (AvgIpc) is 2.80. The van der Waals surface area contributed by atoms with E-state index < -0.39 is 0 Å². The molecule has 0 radical (unpaired) electrons. The summed E-state index contributed by atoms with van der Waals surface area (Å²) >= 11 is 0. The molecule has 0 saturated carbocycles. The summed E-state index contributed by atoms with van der Waals surface area (Å²) in [6, 6.07) is 1.71. The van der Waals surface area contributed by atoms with Gasteiger partial charge in [0.25, 0.3) is 0 Å². The van der Waals surface area contributed by atoms with Gasteiger partial charge in [0.05, 0.1) is 0 Å². The second-order valence-corrected chi connectivity index (χ2v) is 5.26. The van der Waals surface area contributed by atoms with E-state index in [-0.39, 0.29) is 5.41 Å². The summed E-state index contributed by atoms with van der Waals surface area (Å²) < 4.78 is 4.91. The van der Waals surface area contributed by atoms with Gasteiger partial charge in [-0.15, -0.1) is 0 Å². The summed E-state index contributed by atoms with van der Waals surface area (Å²) in [5, 5.41) is 6.73. The van der Waals surface area contributed by atoms with Gasteiger partial charge in [-0.3, -0.25) is 0 Å². The van der Waals surface area contributed by atoms with E-state index >= 15 is 0 Å². The molecule has 0 amide bonds. The van der Waals surface area contributed by atoms with E-state index in [1.165, 1.54) is 6.33 Å². The SMILES string of the molecule is CC(C)(C)c1nc(N)cc(NCCc2ncno2)n1. The van der Waals surface area contributed by atoms with Gasteiger partial charge in [-0.25, -0.2) is 9.97 Å². The fourth-order valence-electron chi connectivity index (χ4n) is 1.50. The van der Waals surface area contributed by atoms with Crippen molar-refractivity contribution in [2.45, 2.75) is 32.6 Å². The van der Waals surface area contributed by atoms with Crippen LogP contribution < -0.4 is 11.1 Å². The third-order valence-corrected chi connectivity index (χ3v) is 2.47. The highest BCUT2D eigenvalue weighted by Crippen LogP contribution is 2.21. The maximum atomic E-state index is 5.79. The van der Waals surface area contributed by atoms with Crippen LogP contribution in [0.1, 0.15) is 32.5 Å². The van der Waals surface area contributed by atoms with Crippen LogP contribution in [0.5, 0.6) is 0 Å². The van der Waals surface area contributed by atoms with Crippen molar-refractivity contribution in [3.8, 4) is 0 Å². The van der Waals surface area contributed by atoms with Crippen molar-refractivity contribution in [3.63, 3.8) is 0 Å². The molecular formula is C12H18N6O. The number of rotatable bonds is 4. The van der Waals surface area contributed by atoms with Crippen LogP contribution in [0.4, 0.5) is 11.6 Å². The van der Waals surface area contributed by atoms with E-state index in [2.05, 4.69) is 25.4 Å². The van der Waals surface area contributed by atoms with Crippen LogP contribution >= 0.6 is 0 Å². The van der Waals surface area contributed by atoms with Crippen molar-refractivity contribution in [1.29, 1.82) is 0 Å². The lowest BCUT2D eigenvalue weighted by Gasteiger charge is -2.18. The third-order valence-electron chi connectivity index (χ3n) is 2.47. The fourth-order valence-corrected chi connectivity index (χ4v) is 1.50. The smallest absolute Gasteiger partial charge is 0.228 e. The van der Waals surface area contributed by atoms with Gasteiger partial charge in [-0.2, -0.15) is 4.98 Å². The molecule has 7 nitrogen and oxygen atoms in total. The Bertz CT molecular complexity index is 532. The lowest BCUT2D eigenvalue weighted by atomic mass is 9.96. The summed E-state index contributed by atoms with van der Waals surface area (Å²) in [6.07, 6.45) is 2.02. The van der Waals surface area contributed by atoms with E-state index in [1.54, 1.807) is 6.07 Å². The first-order chi connectivity index (χ1) is 8.95. The highest BCUT2D eigenvalue weighted by Gasteiger charge is 2.18. The summed E-state index contributed by atoms with van der Waals surface area (Å²) in [4.78, 5) is 12.7. The van der Waals surface area contributed by atoms with Gasteiger partial charge < -0.3 is 15.6 Å². The maximum absolute atomic E-state index is 5.79. The predicted molar refractivity (Wildman–Crippen MR) is 71.6 cm³/mol. The molecule has 19 heavy (non-hydrogen) atoms. The van der Waals surface area contributed by atoms with Crippen molar-refractivity contribution in [2.75, 3.05) is 17.6 Å². The number of nitrogens with two attached hydrogens (primary N) is 1. The molecule has 0 aromatic carbocycles. The molecule has 0 aliphatic rings. The number of hydrogen-bond donors (Lipinski definition) is 2. The van der Waals surface area contributed by atoms with Crippen LogP contribution in [0.15, 0.2) is 16.9 Å². The first-order valence-corrected chi connectivity index (χ1v) is 6.09. The zero-order chi connectivity index (χ0) is 13.9. The molecule has 0 bridgehead atoms. The van der Waals surface area contributed by atoms with Gasteiger partial charge in [-0.1, -0.05) is 25.9 Å². The number of anilines is 2. The van der Waals surface area contributed by atoms with E-state index in [0.29, 0.717) is 36.3 Å². The van der Waals surface area contributed by atoms with Gasteiger partial charge in [0.15, 0.2) is 6.33 Å². The van der Waals surface area contributed by atoms with Crippen molar-refractivity contribution in [3.05, 3.63) is 24.1 Å². The summed E-state index contributed by atoms with van der Waals surface area (Å²) in [5.41, 5.74) is 5.65. The predicted octanol–water partition coefficient (Wildman–Crippen LogP) is 1.39. The zero-order valence-electron chi connectivity index (χ0n) is 11.3. The van der Waals surface area contributed by atoms with Crippen molar-refractivity contribution >= 4 is 11.6 Å². The number of aromatic nitrogens is 4. The van der Waals surface area contributed by atoms with Crippen LogP contribution in [0.3, 0.4) is 0 Å². The Kier molecular flexibility index (Phi) is 3.64. The van der Waals surface area contributed by atoms with Crippen molar-refractivity contribution in [1.82, 2.24) is 20.1 Å². The minimum absolute atomic E-state index is 0.141. The molecule has 2 aromatic heterocycles. The molecular weight excluding hydrogens is 244 g/mol. The van der Waals surface area contributed by atoms with Crippen LogP contribution in [-0.2, 0) is 11.8 Å². The van der Waals surface area contributed by atoms with Crippen molar-refractivity contribution in [2.24, 2.45) is 0 Å². The largest absolute Gasteiger partial charge is 0.384 e. The highest BCUT2D eigenvalue weighted by atomic mass is 16.5. The van der Waals surface area contributed by atoms with E-state index in [4.69, 9.17) is 10.3 Å². The molecule has 2 heterocycles. The maximum Gasteiger partial charge on any atom is 0.228 e. The molecule has 7 heteroatoms. The monoisotopic (exact) mass is 262 g/mol. The lowest BCUT2D eigenvalue weighted by molar-refractivity contribution is 0.379. The number of nitrogens with zero attached hydrogens (tertiary/aromatic N) is 4. The molecule has 2 aromatic rings. The molecule has 2 rings (SSSR count). The third kappa shape index (κ3) is 3.64. The van der Waals surface area contributed by atoms with Crippen molar-refractivity contribution < 1.29 is 4.52 Å². The summed E-state index contributed by atoms with van der Waals surface area (Å²) in [7, 11) is 0. The summed E-state index contributed by atoms with van der Waals surface area (Å²) in [6.45, 7) is 6.78. The Balaban J connectivity index is 2.02. The van der Waals surface area contributed by atoms with Crippen LogP contribution in [-0.4, -0.2) is 26.7 Å². The Labute approximate surface area is 111 Å². The molecule has 0 saturated heterocycles. The van der Waals surface area contributed by atoms with E-state index in [1.807, 2.05) is 20.8 Å². The topological polar surface area (TPSA) is 103 Å². The van der Waals surface area contributed by atoms with Crippen LogP contribution in [0.2, 0.25) is 0 Å². The Hall–Kier alpha value is -2.18. The second kappa shape index (κ2) is 5.21. The van der Waals surface area contributed by atoms with Crippen LogP contribution in [0.25, 0.3) is 0 Å². The average molecular weight is 262 g/mol. The molecule has 102 valence electrons. The van der Waals surface area contributed by atoms with Gasteiger partial charge in [0.1, 0.15) is 17.5 Å². The molecule has 0 aliphatic carbocycles. The minimum Gasteiger partial charge on any atom is -0.384 e. The van der Waals surface area contributed by atoms with Crippen LogP contribution in [0, 0.1) is 0 Å². The Morgan fingerprint density at radius 3 is 2.74 bits per heavy atom. The fraction of sp³-hybridized carbons (Fsp3) is 0.500. The van der Waals surface area contributed by atoms with Gasteiger partial charge in [0.2, 0.25) is 5.89 Å². The lowest BCUT2D eigenvalue weighted by Crippen LogP contribution is -2.18.